The summed E-state index contributed by atoms with van der Waals surface area (Å²) in [5.74, 6) is 0.604. The number of imidazole rings is 1. The SMILES string of the molecule is CCn1nc(C)c2nc(N)n(CCN(C)C3CCCC3)c21. The van der Waals surface area contributed by atoms with Crippen LogP contribution in [0.3, 0.4) is 0 Å². The van der Waals surface area contributed by atoms with Crippen LogP contribution in [0.4, 0.5) is 5.95 Å². The summed E-state index contributed by atoms with van der Waals surface area (Å²) in [6.45, 7) is 6.82. The Morgan fingerprint density at radius 1 is 1.33 bits per heavy atom. The Kier molecular flexibility index (Phi) is 3.89. The summed E-state index contributed by atoms with van der Waals surface area (Å²) < 4.78 is 4.12. The maximum atomic E-state index is 6.12. The second kappa shape index (κ2) is 5.67. The topological polar surface area (TPSA) is 64.9 Å². The fourth-order valence-corrected chi connectivity index (χ4v) is 3.47. The molecule has 1 aliphatic rings. The van der Waals surface area contributed by atoms with Gasteiger partial charge in [-0.3, -0.25) is 4.57 Å². The highest BCUT2D eigenvalue weighted by molar-refractivity contribution is 5.77. The molecular formula is C15H26N6. The first-order chi connectivity index (χ1) is 10.1. The number of anilines is 1. The van der Waals surface area contributed by atoms with E-state index in [4.69, 9.17) is 5.73 Å². The number of nitrogen functional groups attached to an aromatic ring is 1. The molecule has 116 valence electrons. The molecule has 1 fully saturated rings. The van der Waals surface area contributed by atoms with Crippen LogP contribution in [-0.4, -0.2) is 43.9 Å². The van der Waals surface area contributed by atoms with Crippen molar-refractivity contribution in [2.24, 2.45) is 0 Å². The molecule has 0 amide bonds. The molecule has 1 aliphatic carbocycles. The molecule has 3 rings (SSSR count). The number of fused-ring (bicyclic) bond motifs is 1. The van der Waals surface area contributed by atoms with E-state index in [9.17, 15) is 0 Å². The number of hydrogen-bond acceptors (Lipinski definition) is 4. The minimum Gasteiger partial charge on any atom is -0.369 e. The van der Waals surface area contributed by atoms with Crippen molar-refractivity contribution in [2.75, 3.05) is 19.3 Å². The molecule has 2 N–H and O–H groups in total. The van der Waals surface area contributed by atoms with Gasteiger partial charge in [-0.25, -0.2) is 9.67 Å². The highest BCUT2D eigenvalue weighted by atomic mass is 15.4. The zero-order chi connectivity index (χ0) is 15.0. The average Bonchev–Trinajstić information content (AvgIpc) is 3.15. The van der Waals surface area contributed by atoms with Gasteiger partial charge in [0.25, 0.3) is 0 Å². The molecule has 0 spiro atoms. The molecule has 1 saturated carbocycles. The first-order valence-corrected chi connectivity index (χ1v) is 8.01. The van der Waals surface area contributed by atoms with Gasteiger partial charge in [-0.2, -0.15) is 5.10 Å². The normalized spacial score (nSPS) is 16.6. The predicted molar refractivity (Wildman–Crippen MR) is 85.2 cm³/mol. The van der Waals surface area contributed by atoms with Crippen LogP contribution in [0.15, 0.2) is 0 Å². The van der Waals surface area contributed by atoms with Crippen LogP contribution in [0.1, 0.15) is 38.3 Å². The molecule has 0 radical (unpaired) electrons. The molecular weight excluding hydrogens is 264 g/mol. The van der Waals surface area contributed by atoms with Gasteiger partial charge in [0.2, 0.25) is 5.95 Å². The van der Waals surface area contributed by atoms with Crippen LogP contribution in [0.5, 0.6) is 0 Å². The molecule has 2 heterocycles. The van der Waals surface area contributed by atoms with Gasteiger partial charge < -0.3 is 10.6 Å². The third kappa shape index (κ3) is 2.52. The van der Waals surface area contributed by atoms with Gasteiger partial charge in [-0.15, -0.1) is 0 Å². The third-order valence-electron chi connectivity index (χ3n) is 4.75. The first kappa shape index (κ1) is 14.4. The van der Waals surface area contributed by atoms with Gasteiger partial charge in [0.05, 0.1) is 5.69 Å². The van der Waals surface area contributed by atoms with Gasteiger partial charge in [-0.1, -0.05) is 12.8 Å². The summed E-state index contributed by atoms with van der Waals surface area (Å²) >= 11 is 0. The van der Waals surface area contributed by atoms with Gasteiger partial charge in [-0.05, 0) is 33.7 Å². The van der Waals surface area contributed by atoms with Gasteiger partial charge in [0.15, 0.2) is 5.65 Å². The van der Waals surface area contributed by atoms with E-state index in [0.29, 0.717) is 5.95 Å². The Morgan fingerprint density at radius 2 is 2.05 bits per heavy atom. The van der Waals surface area contributed by atoms with E-state index in [0.717, 1.165) is 42.5 Å². The number of aromatic nitrogens is 4. The Balaban J connectivity index is 1.81. The van der Waals surface area contributed by atoms with Crippen molar-refractivity contribution in [3.05, 3.63) is 5.69 Å². The predicted octanol–water partition coefficient (Wildman–Crippen LogP) is 2.02. The van der Waals surface area contributed by atoms with E-state index in [-0.39, 0.29) is 0 Å². The quantitative estimate of drug-likeness (QED) is 0.915. The molecule has 2 aromatic heterocycles. The van der Waals surface area contributed by atoms with Gasteiger partial charge in [0, 0.05) is 25.7 Å². The maximum absolute atomic E-state index is 6.12. The van der Waals surface area contributed by atoms with Gasteiger partial charge in [0.1, 0.15) is 5.52 Å². The molecule has 0 unspecified atom stereocenters. The summed E-state index contributed by atoms with van der Waals surface area (Å²) in [5.41, 5.74) is 9.09. The summed E-state index contributed by atoms with van der Waals surface area (Å²) in [7, 11) is 2.22. The largest absolute Gasteiger partial charge is 0.369 e. The molecule has 6 nitrogen and oxygen atoms in total. The van der Waals surface area contributed by atoms with E-state index in [2.05, 4.69) is 33.5 Å². The minimum atomic E-state index is 0.604. The number of hydrogen-bond donors (Lipinski definition) is 1. The van der Waals surface area contributed by atoms with Crippen molar-refractivity contribution >= 4 is 17.1 Å². The highest BCUT2D eigenvalue weighted by Crippen LogP contribution is 2.24. The maximum Gasteiger partial charge on any atom is 0.202 e. The molecule has 6 heteroatoms. The molecule has 0 atom stereocenters. The molecule has 0 saturated heterocycles. The van der Waals surface area contributed by atoms with Crippen molar-refractivity contribution in [3.8, 4) is 0 Å². The molecule has 0 aliphatic heterocycles. The number of rotatable bonds is 5. The lowest BCUT2D eigenvalue weighted by atomic mass is 10.2. The third-order valence-corrected chi connectivity index (χ3v) is 4.75. The monoisotopic (exact) mass is 290 g/mol. The lowest BCUT2D eigenvalue weighted by molar-refractivity contribution is 0.237. The number of aryl methyl sites for hydroxylation is 2. The standard InChI is InChI=1S/C15H26N6/c1-4-21-14-13(11(2)18-21)17-15(16)20(14)10-9-19(3)12-7-5-6-8-12/h12H,4-10H2,1-3H3,(H2,16,17). The zero-order valence-electron chi connectivity index (χ0n) is 13.3. The number of likely N-dealkylation sites (N-methyl/N-ethyl adjacent to an activating group) is 1. The molecule has 2 aromatic rings. The first-order valence-electron chi connectivity index (χ1n) is 8.01. The fourth-order valence-electron chi connectivity index (χ4n) is 3.47. The van der Waals surface area contributed by atoms with Crippen LogP contribution in [0.2, 0.25) is 0 Å². The van der Waals surface area contributed by atoms with Crippen molar-refractivity contribution in [2.45, 2.75) is 58.7 Å². The summed E-state index contributed by atoms with van der Waals surface area (Å²) in [5, 5.41) is 4.54. The zero-order valence-corrected chi connectivity index (χ0v) is 13.3. The lowest BCUT2D eigenvalue weighted by Crippen LogP contribution is -2.32. The van der Waals surface area contributed by atoms with Crippen LogP contribution < -0.4 is 5.73 Å². The summed E-state index contributed by atoms with van der Waals surface area (Å²) in [6.07, 6.45) is 5.40. The van der Waals surface area contributed by atoms with E-state index in [1.165, 1.54) is 25.7 Å². The van der Waals surface area contributed by atoms with Crippen LogP contribution >= 0.6 is 0 Å². The second-order valence-corrected chi connectivity index (χ2v) is 6.11. The van der Waals surface area contributed by atoms with Crippen LogP contribution in [0, 0.1) is 6.92 Å². The van der Waals surface area contributed by atoms with Crippen LogP contribution in [0.25, 0.3) is 11.2 Å². The van der Waals surface area contributed by atoms with E-state index >= 15 is 0 Å². The fraction of sp³-hybridized carbons (Fsp3) is 0.733. The van der Waals surface area contributed by atoms with Crippen molar-refractivity contribution in [1.82, 2.24) is 24.2 Å². The Hall–Kier alpha value is -1.56. The van der Waals surface area contributed by atoms with Crippen molar-refractivity contribution in [1.29, 1.82) is 0 Å². The van der Waals surface area contributed by atoms with E-state index in [1.807, 2.05) is 11.6 Å². The van der Waals surface area contributed by atoms with Crippen molar-refractivity contribution < 1.29 is 0 Å². The lowest BCUT2D eigenvalue weighted by Gasteiger charge is -2.24. The van der Waals surface area contributed by atoms with Crippen LogP contribution in [-0.2, 0) is 13.1 Å². The Labute approximate surface area is 125 Å². The summed E-state index contributed by atoms with van der Waals surface area (Å²) in [6, 6.07) is 0.739. The molecule has 0 aromatic carbocycles. The number of nitrogens with zero attached hydrogens (tertiary/aromatic N) is 5. The van der Waals surface area contributed by atoms with E-state index < -0.39 is 0 Å². The van der Waals surface area contributed by atoms with E-state index in [1.54, 1.807) is 0 Å². The van der Waals surface area contributed by atoms with Crippen molar-refractivity contribution in [3.63, 3.8) is 0 Å². The summed E-state index contributed by atoms with van der Waals surface area (Å²) in [4.78, 5) is 6.97. The Morgan fingerprint density at radius 3 is 2.71 bits per heavy atom. The number of nitrogens with two attached hydrogens (primary N) is 1. The highest BCUT2D eigenvalue weighted by Gasteiger charge is 2.21. The second-order valence-electron chi connectivity index (χ2n) is 6.11. The minimum absolute atomic E-state index is 0.604. The molecule has 0 bridgehead atoms. The Bertz CT molecular complexity index is 620. The van der Waals surface area contributed by atoms with Gasteiger partial charge >= 0.3 is 0 Å². The average molecular weight is 290 g/mol. The molecule has 21 heavy (non-hydrogen) atoms. The smallest absolute Gasteiger partial charge is 0.202 e.